The third kappa shape index (κ3) is 4.68. The molecule has 0 spiro atoms. The van der Waals surface area contributed by atoms with Gasteiger partial charge in [-0.2, -0.15) is 0 Å². The van der Waals surface area contributed by atoms with Crippen LogP contribution >= 0.6 is 11.8 Å². The molecule has 4 aromatic rings. The van der Waals surface area contributed by atoms with Gasteiger partial charge >= 0.3 is 0 Å². The molecular weight excluding hydrogens is 394 g/mol. The molecule has 0 bridgehead atoms. The van der Waals surface area contributed by atoms with Crippen LogP contribution in [0.25, 0.3) is 11.0 Å². The largest absolute Gasteiger partial charge is 0.468 e. The number of para-hydroxylation sites is 1. The van der Waals surface area contributed by atoms with Gasteiger partial charge in [-0.05, 0) is 49.9 Å². The second kappa shape index (κ2) is 9.36. The fourth-order valence-electron chi connectivity index (χ4n) is 3.52. The van der Waals surface area contributed by atoms with Crippen molar-refractivity contribution in [1.29, 1.82) is 0 Å². The van der Waals surface area contributed by atoms with Crippen LogP contribution in [-0.2, 0) is 12.3 Å². The fraction of sp³-hybridized carbons (Fsp3) is 0.304. The average Bonchev–Trinajstić information content (AvgIpc) is 3.43. The van der Waals surface area contributed by atoms with Crippen LogP contribution < -0.4 is 4.90 Å². The van der Waals surface area contributed by atoms with E-state index in [0.717, 1.165) is 47.9 Å². The Morgan fingerprint density at radius 2 is 1.97 bits per heavy atom. The number of aromatic nitrogens is 3. The van der Waals surface area contributed by atoms with Gasteiger partial charge in [-0.1, -0.05) is 6.07 Å². The molecule has 156 valence electrons. The minimum Gasteiger partial charge on any atom is -0.468 e. The van der Waals surface area contributed by atoms with Crippen LogP contribution in [0.2, 0.25) is 0 Å². The van der Waals surface area contributed by atoms with Crippen LogP contribution in [0.4, 0.5) is 5.69 Å². The average molecular weight is 422 g/mol. The Labute approximate surface area is 181 Å². The van der Waals surface area contributed by atoms with Gasteiger partial charge in [0.15, 0.2) is 0 Å². The number of likely N-dealkylation sites (N-methyl/N-ethyl adjacent to an activating group) is 2. The van der Waals surface area contributed by atoms with Crippen LogP contribution in [0.5, 0.6) is 0 Å². The van der Waals surface area contributed by atoms with Gasteiger partial charge < -0.3 is 14.3 Å². The quantitative estimate of drug-likeness (QED) is 0.395. The summed E-state index contributed by atoms with van der Waals surface area (Å²) in [6, 6.07) is 12.3. The lowest BCUT2D eigenvalue weighted by Gasteiger charge is -2.25. The number of rotatable bonds is 9. The van der Waals surface area contributed by atoms with E-state index in [1.165, 1.54) is 16.1 Å². The van der Waals surface area contributed by atoms with Crippen molar-refractivity contribution in [3.63, 3.8) is 0 Å². The summed E-state index contributed by atoms with van der Waals surface area (Å²) < 4.78 is 5.44. The van der Waals surface area contributed by atoms with Crippen LogP contribution in [0, 0.1) is 6.92 Å². The number of anilines is 1. The van der Waals surface area contributed by atoms with Gasteiger partial charge in [0, 0.05) is 42.7 Å². The smallest absolute Gasteiger partial charge is 0.117 e. The maximum absolute atomic E-state index is 5.44. The van der Waals surface area contributed by atoms with Gasteiger partial charge in [-0.25, -0.2) is 4.98 Å². The van der Waals surface area contributed by atoms with E-state index in [1.54, 1.807) is 24.4 Å². The summed E-state index contributed by atoms with van der Waals surface area (Å²) in [5, 5.41) is 0. The summed E-state index contributed by atoms with van der Waals surface area (Å²) >= 11 is 1.78. The summed E-state index contributed by atoms with van der Waals surface area (Å²) in [5.74, 6) is 1.81. The van der Waals surface area contributed by atoms with Gasteiger partial charge in [-0.15, -0.1) is 11.8 Å². The van der Waals surface area contributed by atoms with Gasteiger partial charge in [-0.3, -0.25) is 9.88 Å². The van der Waals surface area contributed by atoms with Crippen LogP contribution in [0.3, 0.4) is 0 Å². The number of furan rings is 1. The number of nitrogens with zero attached hydrogens (tertiary/aromatic N) is 4. The molecule has 7 heteroatoms. The van der Waals surface area contributed by atoms with E-state index < -0.39 is 0 Å². The first-order valence-corrected chi connectivity index (χ1v) is 11.0. The molecule has 3 aromatic heterocycles. The topological polar surface area (TPSA) is 61.2 Å². The third-order valence-electron chi connectivity index (χ3n) is 5.29. The number of thioether (sulfide) groups is 1. The number of benzene rings is 1. The zero-order valence-electron chi connectivity index (χ0n) is 17.6. The second-order valence-electron chi connectivity index (χ2n) is 7.48. The molecule has 0 saturated carbocycles. The standard InChI is InChI=1S/C23H27N5OS/c1-17-20(15-30-22-8-4-7-19-23(22)26-16-25-19)24-10-9-21(17)28(3)12-11-27(2)14-18-6-5-13-29-18/h4-10,13,16H,11-12,14-15H2,1-3H3,(H,25,26). The molecule has 1 aromatic carbocycles. The third-order valence-corrected chi connectivity index (χ3v) is 6.35. The van der Waals surface area contributed by atoms with Gasteiger partial charge in [0.2, 0.25) is 0 Å². The Morgan fingerprint density at radius 3 is 2.80 bits per heavy atom. The summed E-state index contributed by atoms with van der Waals surface area (Å²) in [5.41, 5.74) is 5.66. The first-order chi connectivity index (χ1) is 14.6. The van der Waals surface area contributed by atoms with E-state index in [2.05, 4.69) is 64.0 Å². The van der Waals surface area contributed by atoms with Crippen molar-refractivity contribution in [3.05, 3.63) is 72.2 Å². The number of nitrogens with one attached hydrogen (secondary N) is 1. The molecule has 0 atom stereocenters. The summed E-state index contributed by atoms with van der Waals surface area (Å²) in [7, 11) is 4.26. The van der Waals surface area contributed by atoms with E-state index in [0.29, 0.717) is 0 Å². The highest BCUT2D eigenvalue weighted by atomic mass is 32.2. The number of imidazole rings is 1. The molecule has 3 heterocycles. The summed E-state index contributed by atoms with van der Waals surface area (Å²) in [4.78, 5) is 18.0. The Kier molecular flexibility index (Phi) is 6.40. The predicted octanol–water partition coefficient (Wildman–Crippen LogP) is 4.72. The lowest BCUT2D eigenvalue weighted by Crippen LogP contribution is -2.31. The number of aromatic amines is 1. The van der Waals surface area contributed by atoms with E-state index in [1.807, 2.05) is 24.4 Å². The summed E-state index contributed by atoms with van der Waals surface area (Å²) in [6.45, 7) is 4.86. The number of fused-ring (bicyclic) bond motifs is 1. The highest BCUT2D eigenvalue weighted by molar-refractivity contribution is 7.98. The van der Waals surface area contributed by atoms with Crippen LogP contribution in [-0.4, -0.2) is 47.0 Å². The van der Waals surface area contributed by atoms with Crippen LogP contribution in [0.1, 0.15) is 17.0 Å². The molecule has 0 unspecified atom stereocenters. The van der Waals surface area contributed by atoms with Gasteiger partial charge in [0.1, 0.15) is 11.3 Å². The zero-order valence-corrected chi connectivity index (χ0v) is 18.4. The van der Waals surface area contributed by atoms with Gasteiger partial charge in [0.05, 0.1) is 30.3 Å². The molecule has 0 aliphatic rings. The van der Waals surface area contributed by atoms with Crippen LogP contribution in [0.15, 0.2) is 64.5 Å². The number of hydrogen-bond acceptors (Lipinski definition) is 6. The lowest BCUT2D eigenvalue weighted by molar-refractivity contribution is 0.301. The van der Waals surface area contributed by atoms with E-state index >= 15 is 0 Å². The SMILES string of the molecule is Cc1c(N(C)CCN(C)Cc2ccco2)ccnc1CSc1cccc2[nH]cnc12. The first-order valence-electron chi connectivity index (χ1n) is 10.0. The van der Waals surface area contributed by atoms with E-state index in [4.69, 9.17) is 4.42 Å². The van der Waals surface area contributed by atoms with E-state index in [-0.39, 0.29) is 0 Å². The number of pyridine rings is 1. The van der Waals surface area contributed by atoms with Crippen molar-refractivity contribution >= 4 is 28.5 Å². The molecule has 0 saturated heterocycles. The zero-order chi connectivity index (χ0) is 20.9. The minimum absolute atomic E-state index is 0.816. The maximum atomic E-state index is 5.44. The second-order valence-corrected chi connectivity index (χ2v) is 8.50. The molecule has 6 nitrogen and oxygen atoms in total. The number of H-pyrrole nitrogens is 1. The monoisotopic (exact) mass is 421 g/mol. The molecular formula is C23H27N5OS. The van der Waals surface area contributed by atoms with Crippen molar-refractivity contribution in [2.75, 3.05) is 32.1 Å². The summed E-state index contributed by atoms with van der Waals surface area (Å²) in [6.07, 6.45) is 5.38. The van der Waals surface area contributed by atoms with Gasteiger partial charge in [0.25, 0.3) is 0 Å². The molecule has 0 radical (unpaired) electrons. The Balaban J connectivity index is 1.38. The minimum atomic E-state index is 0.816. The fourth-order valence-corrected chi connectivity index (χ4v) is 4.57. The van der Waals surface area contributed by atoms with Crippen molar-refractivity contribution in [2.24, 2.45) is 0 Å². The molecule has 4 rings (SSSR count). The number of hydrogen-bond donors (Lipinski definition) is 1. The van der Waals surface area contributed by atoms with Crippen molar-refractivity contribution in [3.8, 4) is 0 Å². The predicted molar refractivity (Wildman–Crippen MR) is 123 cm³/mol. The highest BCUT2D eigenvalue weighted by Gasteiger charge is 2.12. The first kappa shape index (κ1) is 20.5. The molecule has 30 heavy (non-hydrogen) atoms. The molecule has 0 aliphatic carbocycles. The molecule has 1 N–H and O–H groups in total. The van der Waals surface area contributed by atoms with Crippen molar-refractivity contribution in [1.82, 2.24) is 19.9 Å². The van der Waals surface area contributed by atoms with Crippen molar-refractivity contribution < 1.29 is 4.42 Å². The molecule has 0 amide bonds. The highest BCUT2D eigenvalue weighted by Crippen LogP contribution is 2.30. The Bertz CT molecular complexity index is 1090. The Morgan fingerprint density at radius 1 is 1.07 bits per heavy atom. The lowest BCUT2D eigenvalue weighted by atomic mass is 10.2. The normalized spacial score (nSPS) is 11.5. The molecule has 0 aliphatic heterocycles. The Hall–Kier alpha value is -2.77. The van der Waals surface area contributed by atoms with E-state index in [9.17, 15) is 0 Å². The maximum Gasteiger partial charge on any atom is 0.117 e. The molecule has 0 fully saturated rings. The van der Waals surface area contributed by atoms with Crippen molar-refractivity contribution in [2.45, 2.75) is 24.1 Å².